The van der Waals surface area contributed by atoms with Crippen LogP contribution >= 0.6 is 0 Å². The lowest BCUT2D eigenvalue weighted by molar-refractivity contribution is -0.142. The fraction of sp³-hybridized carbons (Fsp3) is 0.471. The van der Waals surface area contributed by atoms with Gasteiger partial charge in [-0.3, -0.25) is 14.4 Å². The normalized spacial score (nSPS) is 19.1. The lowest BCUT2D eigenvalue weighted by Gasteiger charge is -2.35. The van der Waals surface area contributed by atoms with Gasteiger partial charge in [-0.15, -0.1) is 0 Å². The molecule has 24 heavy (non-hydrogen) atoms. The number of nitrogens with one attached hydrogen (secondary N) is 1. The first kappa shape index (κ1) is 16.4. The minimum absolute atomic E-state index is 0.00117. The minimum Gasteiger partial charge on any atom is -0.353 e. The van der Waals surface area contributed by atoms with E-state index < -0.39 is 0 Å². The topological polar surface area (TPSA) is 69.7 Å². The Morgan fingerprint density at radius 3 is 2.33 bits per heavy atom. The van der Waals surface area contributed by atoms with Crippen LogP contribution in [0.15, 0.2) is 24.3 Å². The van der Waals surface area contributed by atoms with Crippen molar-refractivity contribution in [3.8, 4) is 0 Å². The fourth-order valence-corrected chi connectivity index (χ4v) is 3.19. The van der Waals surface area contributed by atoms with Crippen molar-refractivity contribution in [3.05, 3.63) is 35.6 Å². The fourth-order valence-electron chi connectivity index (χ4n) is 3.19. The number of hydrogen-bond donors (Lipinski definition) is 1. The van der Waals surface area contributed by atoms with E-state index in [1.165, 1.54) is 24.3 Å². The highest BCUT2D eigenvalue weighted by Gasteiger charge is 2.32. The maximum Gasteiger partial charge on any atom is 0.253 e. The largest absolute Gasteiger partial charge is 0.353 e. The van der Waals surface area contributed by atoms with Gasteiger partial charge in [0.15, 0.2) is 0 Å². The molecule has 1 aromatic rings. The maximum absolute atomic E-state index is 12.9. The first-order chi connectivity index (χ1) is 11.5. The second-order valence-electron chi connectivity index (χ2n) is 6.18. The number of nitrogens with zero attached hydrogens (tertiary/aromatic N) is 2. The number of hydrogen-bond acceptors (Lipinski definition) is 3. The van der Waals surface area contributed by atoms with Crippen molar-refractivity contribution in [2.45, 2.75) is 12.8 Å². The molecule has 0 radical (unpaired) electrons. The maximum atomic E-state index is 12.9. The lowest BCUT2D eigenvalue weighted by Crippen LogP contribution is -2.53. The van der Waals surface area contributed by atoms with Crippen LogP contribution in [-0.2, 0) is 9.59 Å². The van der Waals surface area contributed by atoms with Gasteiger partial charge in [0.05, 0.1) is 6.54 Å². The van der Waals surface area contributed by atoms with Crippen molar-refractivity contribution in [1.29, 1.82) is 0 Å². The summed E-state index contributed by atoms with van der Waals surface area (Å²) in [6.45, 7) is 2.14. The number of rotatable bonds is 2. The van der Waals surface area contributed by atoms with Gasteiger partial charge < -0.3 is 15.1 Å². The average Bonchev–Trinajstić information content (AvgIpc) is 2.61. The molecule has 0 aliphatic carbocycles. The molecule has 2 saturated heterocycles. The molecule has 7 heteroatoms. The number of amides is 3. The number of carbonyl (C=O) groups is 3. The lowest BCUT2D eigenvalue weighted by atomic mass is 9.94. The average molecular weight is 333 g/mol. The predicted octanol–water partition coefficient (Wildman–Crippen LogP) is 0.636. The van der Waals surface area contributed by atoms with E-state index in [2.05, 4.69) is 5.32 Å². The summed E-state index contributed by atoms with van der Waals surface area (Å²) < 4.78 is 12.9. The molecule has 0 bridgehead atoms. The van der Waals surface area contributed by atoms with Crippen LogP contribution in [0.3, 0.4) is 0 Å². The van der Waals surface area contributed by atoms with E-state index in [-0.39, 0.29) is 36.0 Å². The summed E-state index contributed by atoms with van der Waals surface area (Å²) >= 11 is 0. The zero-order valence-corrected chi connectivity index (χ0v) is 13.3. The molecule has 128 valence electrons. The van der Waals surface area contributed by atoms with Crippen LogP contribution in [0.25, 0.3) is 0 Å². The van der Waals surface area contributed by atoms with Crippen LogP contribution in [0.1, 0.15) is 23.2 Å². The summed E-state index contributed by atoms with van der Waals surface area (Å²) in [5, 5.41) is 2.70. The van der Waals surface area contributed by atoms with E-state index >= 15 is 0 Å². The number of halogens is 1. The second-order valence-corrected chi connectivity index (χ2v) is 6.18. The van der Waals surface area contributed by atoms with Crippen molar-refractivity contribution in [1.82, 2.24) is 15.1 Å². The third-order valence-corrected chi connectivity index (χ3v) is 4.57. The third kappa shape index (κ3) is 3.55. The standard InChI is InChI=1S/C17H20FN3O3/c18-14-3-1-12(2-4-14)16(23)20-8-5-13(6-9-20)17(24)21-10-7-19-15(22)11-21/h1-4,13H,5-11H2,(H,19,22). The Hall–Kier alpha value is -2.44. The van der Waals surface area contributed by atoms with Crippen molar-refractivity contribution in [3.63, 3.8) is 0 Å². The highest BCUT2D eigenvalue weighted by Crippen LogP contribution is 2.21. The first-order valence-corrected chi connectivity index (χ1v) is 8.15. The highest BCUT2D eigenvalue weighted by atomic mass is 19.1. The van der Waals surface area contributed by atoms with Gasteiger partial charge in [-0.1, -0.05) is 0 Å². The summed E-state index contributed by atoms with van der Waals surface area (Å²) in [6, 6.07) is 5.48. The summed E-state index contributed by atoms with van der Waals surface area (Å²) in [5.41, 5.74) is 0.453. The van der Waals surface area contributed by atoms with Gasteiger partial charge in [-0.05, 0) is 37.1 Å². The SMILES string of the molecule is O=C1CN(C(=O)C2CCN(C(=O)c3ccc(F)cc3)CC2)CCN1. The molecule has 0 saturated carbocycles. The molecule has 2 aliphatic heterocycles. The molecular formula is C17H20FN3O3. The van der Waals surface area contributed by atoms with E-state index in [1.807, 2.05) is 0 Å². The minimum atomic E-state index is -0.374. The van der Waals surface area contributed by atoms with Crippen molar-refractivity contribution in [2.75, 3.05) is 32.7 Å². The van der Waals surface area contributed by atoms with Crippen LogP contribution < -0.4 is 5.32 Å². The van der Waals surface area contributed by atoms with Crippen molar-refractivity contribution >= 4 is 17.7 Å². The highest BCUT2D eigenvalue weighted by molar-refractivity contribution is 5.94. The number of likely N-dealkylation sites (tertiary alicyclic amines) is 1. The van der Waals surface area contributed by atoms with E-state index in [4.69, 9.17) is 0 Å². The number of benzene rings is 1. The van der Waals surface area contributed by atoms with Crippen LogP contribution in [0.2, 0.25) is 0 Å². The molecule has 0 atom stereocenters. The Labute approximate surface area is 139 Å². The van der Waals surface area contributed by atoms with Gasteiger partial charge in [0.2, 0.25) is 11.8 Å². The molecule has 3 amide bonds. The molecule has 3 rings (SSSR count). The molecule has 0 unspecified atom stereocenters. The Kier molecular flexibility index (Phi) is 4.78. The Morgan fingerprint density at radius 1 is 1.04 bits per heavy atom. The quantitative estimate of drug-likeness (QED) is 0.863. The number of piperidine rings is 1. The summed E-state index contributed by atoms with van der Waals surface area (Å²) in [4.78, 5) is 39.6. The van der Waals surface area contributed by atoms with E-state index in [0.717, 1.165) is 0 Å². The number of piperazine rings is 1. The van der Waals surface area contributed by atoms with Crippen molar-refractivity contribution in [2.24, 2.45) is 5.92 Å². The van der Waals surface area contributed by atoms with Crippen LogP contribution in [-0.4, -0.2) is 60.2 Å². The Balaban J connectivity index is 1.55. The molecule has 1 N–H and O–H groups in total. The van der Waals surface area contributed by atoms with Crippen molar-refractivity contribution < 1.29 is 18.8 Å². The van der Waals surface area contributed by atoms with E-state index in [9.17, 15) is 18.8 Å². The Bertz CT molecular complexity index is 639. The van der Waals surface area contributed by atoms with Gasteiger partial charge in [-0.2, -0.15) is 0 Å². The molecule has 6 nitrogen and oxygen atoms in total. The van der Waals surface area contributed by atoms with Crippen LogP contribution in [0.5, 0.6) is 0 Å². The Morgan fingerprint density at radius 2 is 1.71 bits per heavy atom. The molecule has 2 heterocycles. The molecular weight excluding hydrogens is 313 g/mol. The molecule has 2 aliphatic rings. The smallest absolute Gasteiger partial charge is 0.253 e. The first-order valence-electron chi connectivity index (χ1n) is 8.15. The monoisotopic (exact) mass is 333 g/mol. The molecule has 1 aromatic carbocycles. The third-order valence-electron chi connectivity index (χ3n) is 4.57. The van der Waals surface area contributed by atoms with Gasteiger partial charge in [0, 0.05) is 37.7 Å². The zero-order chi connectivity index (χ0) is 17.1. The van der Waals surface area contributed by atoms with Gasteiger partial charge >= 0.3 is 0 Å². The van der Waals surface area contributed by atoms with E-state index in [1.54, 1.807) is 9.80 Å². The summed E-state index contributed by atoms with van der Waals surface area (Å²) in [7, 11) is 0. The summed E-state index contributed by atoms with van der Waals surface area (Å²) in [5.74, 6) is -0.787. The molecule has 0 spiro atoms. The van der Waals surface area contributed by atoms with Gasteiger partial charge in [0.1, 0.15) is 5.82 Å². The van der Waals surface area contributed by atoms with Crippen LogP contribution in [0, 0.1) is 11.7 Å². The van der Waals surface area contributed by atoms with Crippen LogP contribution in [0.4, 0.5) is 4.39 Å². The number of carbonyl (C=O) groups excluding carboxylic acids is 3. The van der Waals surface area contributed by atoms with Gasteiger partial charge in [-0.25, -0.2) is 4.39 Å². The zero-order valence-electron chi connectivity index (χ0n) is 13.3. The van der Waals surface area contributed by atoms with Gasteiger partial charge in [0.25, 0.3) is 5.91 Å². The predicted molar refractivity (Wildman–Crippen MR) is 84.6 cm³/mol. The molecule has 2 fully saturated rings. The summed E-state index contributed by atoms with van der Waals surface area (Å²) in [6.07, 6.45) is 1.17. The molecule has 0 aromatic heterocycles. The second kappa shape index (κ2) is 6.98. The van der Waals surface area contributed by atoms with E-state index in [0.29, 0.717) is 44.6 Å².